The lowest BCUT2D eigenvalue weighted by atomic mass is 10.2. The monoisotopic (exact) mass is 524 g/mol. The largest absolute Gasteiger partial charge is 0.490 e. The normalized spacial score (nSPS) is 15.9. The molecule has 3 rings (SSSR count). The minimum Gasteiger partial charge on any atom is -0.490 e. The highest BCUT2D eigenvalue weighted by Gasteiger charge is 2.24. The first-order valence-electron chi connectivity index (χ1n) is 9.14. The molecule has 1 heterocycles. The summed E-state index contributed by atoms with van der Waals surface area (Å²) < 4.78 is 11.4. The molecule has 1 aliphatic heterocycles. The Balaban J connectivity index is 1.88. The summed E-state index contributed by atoms with van der Waals surface area (Å²) in [7, 11) is 0. The van der Waals surface area contributed by atoms with Crippen molar-refractivity contribution in [1.82, 2.24) is 5.32 Å². The van der Waals surface area contributed by atoms with Crippen molar-refractivity contribution in [2.75, 3.05) is 13.2 Å². The molecule has 0 aliphatic carbocycles. The Kier molecular flexibility index (Phi) is 7.64. The minimum absolute atomic E-state index is 0.274. The molecule has 0 bridgehead atoms. The molecule has 0 unspecified atom stereocenters. The van der Waals surface area contributed by atoms with E-state index in [1.54, 1.807) is 37.3 Å². The van der Waals surface area contributed by atoms with Crippen molar-refractivity contribution in [2.24, 2.45) is 4.99 Å². The number of amides is 1. The number of carboxylic acid groups (broad SMARTS) is 1. The predicted octanol–water partition coefficient (Wildman–Crippen LogP) is 5.16. The average molecular weight is 526 g/mol. The van der Waals surface area contributed by atoms with Gasteiger partial charge >= 0.3 is 5.97 Å². The number of aliphatic carboxylic acids is 1. The number of nitrogens with one attached hydrogen (secondary N) is 1. The van der Waals surface area contributed by atoms with Gasteiger partial charge in [-0.05, 0) is 83.0 Å². The van der Waals surface area contributed by atoms with Gasteiger partial charge in [0.1, 0.15) is 0 Å². The molecule has 2 N–H and O–H groups in total. The van der Waals surface area contributed by atoms with E-state index in [9.17, 15) is 9.59 Å². The minimum atomic E-state index is -1.10. The Morgan fingerprint density at radius 3 is 2.84 bits per heavy atom. The van der Waals surface area contributed by atoms with E-state index in [4.69, 9.17) is 26.2 Å². The second-order valence-electron chi connectivity index (χ2n) is 6.31. The van der Waals surface area contributed by atoms with Crippen LogP contribution in [0.25, 0.3) is 6.08 Å². The maximum atomic E-state index is 12.4. The van der Waals surface area contributed by atoms with Crippen LogP contribution >= 0.6 is 39.3 Å². The number of ether oxygens (including phenoxy) is 2. The van der Waals surface area contributed by atoms with Crippen molar-refractivity contribution in [3.05, 3.63) is 55.9 Å². The van der Waals surface area contributed by atoms with Gasteiger partial charge in [-0.25, -0.2) is 9.79 Å². The molecule has 162 valence electrons. The SMILES string of the molecule is CCOc1cc(/C=C2/SC(=Nc3cccc(Cl)c3C)NC2=O)cc(Br)c1OCC(=O)O. The molecule has 2 aromatic rings. The zero-order valence-corrected chi connectivity index (χ0v) is 19.7. The highest BCUT2D eigenvalue weighted by Crippen LogP contribution is 2.38. The first-order valence-corrected chi connectivity index (χ1v) is 11.1. The fraction of sp³-hybridized carbons (Fsp3) is 0.190. The molecule has 0 atom stereocenters. The van der Waals surface area contributed by atoms with E-state index in [2.05, 4.69) is 26.2 Å². The summed E-state index contributed by atoms with van der Waals surface area (Å²) in [6, 6.07) is 8.81. The number of benzene rings is 2. The Hall–Kier alpha value is -2.49. The number of thioether (sulfide) groups is 1. The van der Waals surface area contributed by atoms with Crippen LogP contribution in [-0.4, -0.2) is 35.4 Å². The van der Waals surface area contributed by atoms with E-state index in [0.29, 0.717) is 43.2 Å². The van der Waals surface area contributed by atoms with Crippen molar-refractivity contribution >= 4 is 68.1 Å². The molecule has 0 radical (unpaired) electrons. The Labute approximate surface area is 196 Å². The van der Waals surface area contributed by atoms with E-state index < -0.39 is 12.6 Å². The summed E-state index contributed by atoms with van der Waals surface area (Å²) in [4.78, 5) is 28.2. The lowest BCUT2D eigenvalue weighted by Gasteiger charge is -2.13. The van der Waals surface area contributed by atoms with Crippen molar-refractivity contribution in [1.29, 1.82) is 0 Å². The average Bonchev–Trinajstić information content (AvgIpc) is 3.03. The Morgan fingerprint density at radius 2 is 2.13 bits per heavy atom. The van der Waals surface area contributed by atoms with E-state index in [0.717, 1.165) is 5.56 Å². The summed E-state index contributed by atoms with van der Waals surface area (Å²) in [5.74, 6) is -0.713. The van der Waals surface area contributed by atoms with Gasteiger partial charge in [-0.3, -0.25) is 4.79 Å². The van der Waals surface area contributed by atoms with Crippen LogP contribution in [0.5, 0.6) is 11.5 Å². The number of halogens is 2. The first kappa shape index (κ1) is 23.2. The lowest BCUT2D eigenvalue weighted by Crippen LogP contribution is -2.19. The molecule has 0 spiro atoms. The molecule has 7 nitrogen and oxygen atoms in total. The quantitative estimate of drug-likeness (QED) is 0.485. The number of nitrogens with zero attached hydrogens (tertiary/aromatic N) is 1. The number of amidine groups is 1. The van der Waals surface area contributed by atoms with E-state index in [1.165, 1.54) is 11.8 Å². The number of carbonyl (C=O) groups is 2. The summed E-state index contributed by atoms with van der Waals surface area (Å²) >= 11 is 10.7. The third-order valence-electron chi connectivity index (χ3n) is 4.08. The first-order chi connectivity index (χ1) is 14.8. The van der Waals surface area contributed by atoms with Crippen LogP contribution in [0.4, 0.5) is 5.69 Å². The number of hydrogen-bond donors (Lipinski definition) is 2. The molecular weight excluding hydrogens is 508 g/mol. The van der Waals surface area contributed by atoms with Crippen LogP contribution < -0.4 is 14.8 Å². The molecule has 1 amide bonds. The van der Waals surface area contributed by atoms with Gasteiger partial charge < -0.3 is 19.9 Å². The van der Waals surface area contributed by atoms with Crippen LogP contribution in [-0.2, 0) is 9.59 Å². The lowest BCUT2D eigenvalue weighted by molar-refractivity contribution is -0.139. The molecular formula is C21H18BrClN2O5S. The van der Waals surface area contributed by atoms with E-state index in [-0.39, 0.29) is 11.7 Å². The van der Waals surface area contributed by atoms with Gasteiger partial charge in [0.2, 0.25) is 0 Å². The predicted molar refractivity (Wildman–Crippen MR) is 125 cm³/mol. The number of carboxylic acids is 1. The van der Waals surface area contributed by atoms with Gasteiger partial charge in [-0.2, -0.15) is 0 Å². The zero-order valence-electron chi connectivity index (χ0n) is 16.6. The van der Waals surface area contributed by atoms with Crippen molar-refractivity contribution < 1.29 is 24.2 Å². The molecule has 1 fully saturated rings. The summed E-state index contributed by atoms with van der Waals surface area (Å²) in [5.41, 5.74) is 2.18. The zero-order chi connectivity index (χ0) is 22.5. The van der Waals surface area contributed by atoms with Crippen molar-refractivity contribution in [3.63, 3.8) is 0 Å². The Bertz CT molecular complexity index is 1100. The third kappa shape index (κ3) is 5.81. The fourth-order valence-corrected chi connectivity index (χ4v) is 4.25. The van der Waals surface area contributed by atoms with Crippen molar-refractivity contribution in [2.45, 2.75) is 13.8 Å². The summed E-state index contributed by atoms with van der Waals surface area (Å²) in [6.45, 7) is 3.53. The standard InChI is InChI=1S/C21H18BrClN2O5S/c1-3-29-16-8-12(7-13(22)19(16)30-10-18(26)27)9-17-20(28)25-21(31-17)24-15-6-4-5-14(23)11(15)2/h4-9H,3,10H2,1-2H3,(H,26,27)(H,24,25,28)/b17-9+. The van der Waals surface area contributed by atoms with Crippen LogP contribution in [0.3, 0.4) is 0 Å². The molecule has 1 aliphatic rings. The smallest absolute Gasteiger partial charge is 0.341 e. The van der Waals surface area contributed by atoms with E-state index in [1.807, 2.05) is 13.0 Å². The van der Waals surface area contributed by atoms with Crippen LogP contribution in [0.1, 0.15) is 18.1 Å². The van der Waals surface area contributed by atoms with Gasteiger partial charge in [0.15, 0.2) is 23.3 Å². The molecule has 10 heteroatoms. The molecule has 1 saturated heterocycles. The van der Waals surface area contributed by atoms with Gasteiger partial charge in [-0.1, -0.05) is 17.7 Å². The van der Waals surface area contributed by atoms with Gasteiger partial charge in [-0.15, -0.1) is 0 Å². The maximum Gasteiger partial charge on any atom is 0.341 e. The highest BCUT2D eigenvalue weighted by atomic mass is 79.9. The topological polar surface area (TPSA) is 97.2 Å². The number of rotatable bonds is 7. The van der Waals surface area contributed by atoms with Crippen LogP contribution in [0.2, 0.25) is 5.02 Å². The van der Waals surface area contributed by atoms with Crippen LogP contribution in [0.15, 0.2) is 44.7 Å². The van der Waals surface area contributed by atoms with Gasteiger partial charge in [0.05, 0.1) is 21.7 Å². The number of carbonyl (C=O) groups excluding carboxylic acids is 1. The van der Waals surface area contributed by atoms with Crippen molar-refractivity contribution in [3.8, 4) is 11.5 Å². The fourth-order valence-electron chi connectivity index (χ4n) is 2.67. The molecule has 0 saturated carbocycles. The molecule has 31 heavy (non-hydrogen) atoms. The number of hydrogen-bond acceptors (Lipinski definition) is 6. The summed E-state index contributed by atoms with van der Waals surface area (Å²) in [5, 5.41) is 12.7. The van der Waals surface area contributed by atoms with Gasteiger partial charge in [0, 0.05) is 5.02 Å². The van der Waals surface area contributed by atoms with E-state index >= 15 is 0 Å². The van der Waals surface area contributed by atoms with Crippen LogP contribution in [0, 0.1) is 6.92 Å². The molecule has 2 aromatic carbocycles. The number of aliphatic imine (C=N–C) groups is 1. The third-order valence-corrected chi connectivity index (χ3v) is 5.99. The second kappa shape index (κ2) is 10.2. The van der Waals surface area contributed by atoms with Gasteiger partial charge in [0.25, 0.3) is 5.91 Å². The highest BCUT2D eigenvalue weighted by molar-refractivity contribution is 9.10. The molecule has 0 aromatic heterocycles. The Morgan fingerprint density at radius 1 is 1.35 bits per heavy atom. The second-order valence-corrected chi connectivity index (χ2v) is 8.60. The summed E-state index contributed by atoms with van der Waals surface area (Å²) in [6.07, 6.45) is 1.70. The maximum absolute atomic E-state index is 12.4.